The Balaban J connectivity index is 1.69. The van der Waals surface area contributed by atoms with Crippen molar-refractivity contribution in [2.45, 2.75) is 10.5 Å². The van der Waals surface area contributed by atoms with E-state index in [0.29, 0.717) is 21.2 Å². The number of rotatable bonds is 6. The molecule has 220 valence electrons. The van der Waals surface area contributed by atoms with Crippen molar-refractivity contribution in [3.8, 4) is 0 Å². The Morgan fingerprint density at radius 1 is 0.636 bits per heavy atom. The van der Waals surface area contributed by atoms with Crippen molar-refractivity contribution in [1.29, 1.82) is 0 Å². The van der Waals surface area contributed by atoms with Gasteiger partial charge >= 0.3 is 0 Å². The number of Topliss-reactive ketones (excluding diaryl/α,β-unsaturated/α-hetero) is 2. The molecule has 44 heavy (non-hydrogen) atoms. The second-order valence-corrected chi connectivity index (χ2v) is 13.2. The van der Waals surface area contributed by atoms with Crippen molar-refractivity contribution in [1.82, 2.24) is 0 Å². The quantitative estimate of drug-likeness (QED) is 0.164. The van der Waals surface area contributed by atoms with Crippen molar-refractivity contribution in [2.24, 2.45) is 38.7 Å². The molecule has 4 N–H and O–H groups in total. The van der Waals surface area contributed by atoms with Gasteiger partial charge in [-0.05, 0) is 71.9 Å². The standard InChI is InChI=1S/C34H26Cl2N4O2S2/c35-23-15-11-19(12-16-23)27(41)25-29(21-7-3-1-4-8-21)44-30(22-9-5-2-6-10-22)26(28(42)20-13-17-24(36)18-14-20)34(25)31(37)39-33(43)40-32(34)38/h1-18,25-26,29-30H,(H4,37,38,39,40,43). The highest BCUT2D eigenvalue weighted by Gasteiger charge is 2.66. The van der Waals surface area contributed by atoms with Gasteiger partial charge in [-0.3, -0.25) is 9.59 Å². The predicted molar refractivity (Wildman–Crippen MR) is 183 cm³/mol. The van der Waals surface area contributed by atoms with Crippen LogP contribution in [0.25, 0.3) is 0 Å². The summed E-state index contributed by atoms with van der Waals surface area (Å²) in [6, 6.07) is 32.6. The van der Waals surface area contributed by atoms with Crippen LogP contribution in [0.2, 0.25) is 10.0 Å². The molecule has 4 unspecified atom stereocenters. The molecule has 4 aromatic rings. The van der Waals surface area contributed by atoms with Crippen molar-refractivity contribution in [2.75, 3.05) is 0 Å². The molecule has 10 heteroatoms. The number of hydrogen-bond acceptors (Lipinski definition) is 6. The highest BCUT2D eigenvalue weighted by Crippen LogP contribution is 2.64. The van der Waals surface area contributed by atoms with Crippen molar-refractivity contribution in [3.63, 3.8) is 0 Å². The number of aliphatic imine (C=N–C) groups is 2. The van der Waals surface area contributed by atoms with E-state index in [4.69, 9.17) is 46.9 Å². The van der Waals surface area contributed by atoms with Crippen molar-refractivity contribution < 1.29 is 9.59 Å². The van der Waals surface area contributed by atoms with E-state index < -0.39 is 27.8 Å². The molecule has 0 saturated carbocycles. The van der Waals surface area contributed by atoms with Gasteiger partial charge in [0.05, 0.1) is 11.8 Å². The minimum atomic E-state index is -1.64. The maximum Gasteiger partial charge on any atom is 0.222 e. The molecule has 0 bridgehead atoms. The molecule has 2 aliphatic heterocycles. The molecule has 1 spiro atoms. The Kier molecular flexibility index (Phi) is 8.44. The van der Waals surface area contributed by atoms with Crippen LogP contribution in [0.1, 0.15) is 42.3 Å². The molecule has 4 aromatic carbocycles. The molecule has 6 rings (SSSR count). The second-order valence-electron chi connectivity index (χ2n) is 10.6. The first kappa shape index (κ1) is 30.2. The predicted octanol–water partition coefficient (Wildman–Crippen LogP) is 7.52. The molecule has 1 fully saturated rings. The number of ketones is 2. The first-order valence-electron chi connectivity index (χ1n) is 13.8. The fraction of sp³-hybridized carbons (Fsp3) is 0.147. The molecule has 1 saturated heterocycles. The highest BCUT2D eigenvalue weighted by atomic mass is 35.5. The molecule has 4 atom stereocenters. The van der Waals surface area contributed by atoms with Crippen LogP contribution in [0.4, 0.5) is 0 Å². The van der Waals surface area contributed by atoms with Crippen LogP contribution in [-0.2, 0) is 0 Å². The zero-order chi connectivity index (χ0) is 31.0. The van der Waals surface area contributed by atoms with Crippen molar-refractivity contribution >= 4 is 75.5 Å². The van der Waals surface area contributed by atoms with Crippen LogP contribution in [0.15, 0.2) is 119 Å². The molecular weight excluding hydrogens is 631 g/mol. The first-order valence-corrected chi connectivity index (χ1v) is 15.9. The van der Waals surface area contributed by atoms with E-state index in [1.807, 2.05) is 60.7 Å². The highest BCUT2D eigenvalue weighted by molar-refractivity contribution is 7.99. The smallest absolute Gasteiger partial charge is 0.222 e. The molecule has 2 heterocycles. The number of nitrogens with two attached hydrogens (primary N) is 2. The van der Waals surface area contributed by atoms with Gasteiger partial charge in [0.25, 0.3) is 0 Å². The number of carbonyl (C=O) groups is 2. The second kappa shape index (κ2) is 12.3. The summed E-state index contributed by atoms with van der Waals surface area (Å²) in [5.41, 5.74) is 14.7. The van der Waals surface area contributed by atoms with Gasteiger partial charge in [-0.2, -0.15) is 0 Å². The van der Waals surface area contributed by atoms with Crippen LogP contribution >= 0.6 is 47.2 Å². The number of amidine groups is 2. The van der Waals surface area contributed by atoms with Crippen LogP contribution in [0.5, 0.6) is 0 Å². The summed E-state index contributed by atoms with van der Waals surface area (Å²) in [6.07, 6.45) is 0. The summed E-state index contributed by atoms with van der Waals surface area (Å²) < 4.78 is 0. The summed E-state index contributed by atoms with van der Waals surface area (Å²) >= 11 is 19.3. The lowest BCUT2D eigenvalue weighted by atomic mass is 9.56. The zero-order valence-corrected chi connectivity index (χ0v) is 26.3. The number of carbonyl (C=O) groups excluding carboxylic acids is 2. The van der Waals surface area contributed by atoms with Crippen molar-refractivity contribution in [3.05, 3.63) is 141 Å². The number of thioether (sulfide) groups is 1. The third kappa shape index (κ3) is 5.26. The van der Waals surface area contributed by atoms with E-state index in [9.17, 15) is 9.59 Å². The van der Waals surface area contributed by atoms with Crippen LogP contribution in [0, 0.1) is 17.3 Å². The van der Waals surface area contributed by atoms with Crippen LogP contribution < -0.4 is 11.5 Å². The number of halogens is 2. The first-order chi connectivity index (χ1) is 21.2. The molecule has 0 radical (unpaired) electrons. The summed E-state index contributed by atoms with van der Waals surface area (Å²) in [4.78, 5) is 38.7. The maximum atomic E-state index is 14.9. The van der Waals surface area contributed by atoms with E-state index in [2.05, 4.69) is 9.98 Å². The van der Waals surface area contributed by atoms with E-state index in [1.54, 1.807) is 48.5 Å². The minimum absolute atomic E-state index is 0.0169. The van der Waals surface area contributed by atoms with E-state index in [1.165, 1.54) is 11.8 Å². The lowest BCUT2D eigenvalue weighted by molar-refractivity contribution is 0.0719. The Hall–Kier alpha value is -3.82. The number of thiocarbonyl (C=S) groups is 1. The fourth-order valence-electron chi connectivity index (χ4n) is 6.27. The number of benzene rings is 4. The summed E-state index contributed by atoms with van der Waals surface area (Å²) in [5.74, 6) is -2.56. The van der Waals surface area contributed by atoms with Crippen LogP contribution in [-0.4, -0.2) is 28.4 Å². The summed E-state index contributed by atoms with van der Waals surface area (Å²) in [5, 5.41) is -0.106. The largest absolute Gasteiger partial charge is 0.386 e. The van der Waals surface area contributed by atoms with E-state index >= 15 is 0 Å². The number of nitrogens with zero attached hydrogens (tertiary/aromatic N) is 2. The number of hydrogen-bond donors (Lipinski definition) is 2. The Bertz CT molecular complexity index is 1670. The Morgan fingerprint density at radius 2 is 1.00 bits per heavy atom. The zero-order valence-electron chi connectivity index (χ0n) is 23.1. The van der Waals surface area contributed by atoms with Gasteiger partial charge in [-0.15, -0.1) is 11.8 Å². The fourth-order valence-corrected chi connectivity index (χ4v) is 8.66. The monoisotopic (exact) mass is 656 g/mol. The Morgan fingerprint density at radius 3 is 1.36 bits per heavy atom. The third-order valence-electron chi connectivity index (χ3n) is 8.24. The van der Waals surface area contributed by atoms with Gasteiger partial charge in [-0.25, -0.2) is 9.98 Å². The molecular formula is C34H26Cl2N4O2S2. The minimum Gasteiger partial charge on any atom is -0.386 e. The maximum absolute atomic E-state index is 14.9. The van der Waals surface area contributed by atoms with Gasteiger partial charge in [-0.1, -0.05) is 83.9 Å². The molecule has 0 aliphatic carbocycles. The average Bonchev–Trinajstić information content (AvgIpc) is 3.03. The molecule has 0 amide bonds. The van der Waals surface area contributed by atoms with E-state index in [-0.39, 0.29) is 28.4 Å². The SMILES string of the molecule is NC1=NC(=S)N=C(N)C12C(C(=O)c1ccc(Cl)cc1)C(c1ccccc1)SC(c1ccccc1)C2C(=O)c1ccc(Cl)cc1. The summed E-state index contributed by atoms with van der Waals surface area (Å²) in [7, 11) is 0. The average molecular weight is 658 g/mol. The Labute approximate surface area is 274 Å². The molecule has 6 nitrogen and oxygen atoms in total. The normalized spacial score (nSPS) is 22.6. The lowest BCUT2D eigenvalue weighted by Crippen LogP contribution is -2.65. The third-order valence-corrected chi connectivity index (χ3v) is 10.6. The lowest BCUT2D eigenvalue weighted by Gasteiger charge is -2.54. The van der Waals surface area contributed by atoms with Gasteiger partial charge in [0.15, 0.2) is 11.6 Å². The van der Waals surface area contributed by atoms with Gasteiger partial charge < -0.3 is 11.5 Å². The van der Waals surface area contributed by atoms with Gasteiger partial charge in [0.1, 0.15) is 17.1 Å². The van der Waals surface area contributed by atoms with Gasteiger partial charge in [0.2, 0.25) is 5.11 Å². The topological polar surface area (TPSA) is 111 Å². The summed E-state index contributed by atoms with van der Waals surface area (Å²) in [6.45, 7) is 0. The molecule has 2 aliphatic rings. The van der Waals surface area contributed by atoms with Crippen LogP contribution in [0.3, 0.4) is 0 Å². The molecule has 0 aromatic heterocycles. The van der Waals surface area contributed by atoms with E-state index in [0.717, 1.165) is 11.1 Å². The van der Waals surface area contributed by atoms with Gasteiger partial charge in [0, 0.05) is 31.7 Å².